The zero-order chi connectivity index (χ0) is 13.2. The molecule has 0 aliphatic heterocycles. The summed E-state index contributed by atoms with van der Waals surface area (Å²) >= 11 is 1.51. The molecule has 5 nitrogen and oxygen atoms in total. The third kappa shape index (κ3) is 2.15. The molecular formula is C13H12N4OS. The molecule has 6 heteroatoms. The van der Waals surface area contributed by atoms with Crippen molar-refractivity contribution in [2.75, 3.05) is 13.4 Å². The van der Waals surface area contributed by atoms with Crippen molar-refractivity contribution in [1.82, 2.24) is 19.7 Å². The smallest absolute Gasteiger partial charge is 0.189 e. The number of aromatic nitrogens is 4. The number of hydrogen-bond acceptors (Lipinski definition) is 5. The normalized spacial score (nSPS) is 10.8. The standard InChI is InChI=1S/C13H12N4OS/c1-18-10-3-4-11-9(7-10)8-15-17(11)12-5-6-14-13(16-12)19-2/h3-8H,1-2H3. The predicted molar refractivity (Wildman–Crippen MR) is 75.0 cm³/mol. The molecule has 1 aromatic carbocycles. The SMILES string of the molecule is COc1ccc2c(cnn2-c2ccnc(SC)n2)c1. The molecule has 96 valence electrons. The first-order valence-electron chi connectivity index (χ1n) is 5.71. The van der Waals surface area contributed by atoms with E-state index in [9.17, 15) is 0 Å². The monoisotopic (exact) mass is 272 g/mol. The van der Waals surface area contributed by atoms with Crippen LogP contribution >= 0.6 is 11.8 Å². The summed E-state index contributed by atoms with van der Waals surface area (Å²) in [4.78, 5) is 8.61. The molecule has 0 saturated carbocycles. The van der Waals surface area contributed by atoms with Crippen molar-refractivity contribution in [1.29, 1.82) is 0 Å². The van der Waals surface area contributed by atoms with Gasteiger partial charge in [0.1, 0.15) is 5.75 Å². The number of nitrogens with zero attached hydrogens (tertiary/aromatic N) is 4. The van der Waals surface area contributed by atoms with E-state index in [-0.39, 0.29) is 0 Å². The summed E-state index contributed by atoms with van der Waals surface area (Å²) in [6.07, 6.45) is 5.50. The van der Waals surface area contributed by atoms with E-state index in [1.54, 1.807) is 24.2 Å². The fourth-order valence-corrected chi connectivity index (χ4v) is 2.22. The van der Waals surface area contributed by atoms with E-state index in [0.29, 0.717) is 0 Å². The van der Waals surface area contributed by atoms with Crippen LogP contribution < -0.4 is 4.74 Å². The number of fused-ring (bicyclic) bond motifs is 1. The van der Waals surface area contributed by atoms with Crippen molar-refractivity contribution in [3.8, 4) is 11.6 Å². The van der Waals surface area contributed by atoms with Gasteiger partial charge in [0.15, 0.2) is 11.0 Å². The van der Waals surface area contributed by atoms with E-state index in [0.717, 1.165) is 27.6 Å². The van der Waals surface area contributed by atoms with Crippen LogP contribution in [0.2, 0.25) is 0 Å². The zero-order valence-electron chi connectivity index (χ0n) is 10.6. The lowest BCUT2D eigenvalue weighted by molar-refractivity contribution is 0.415. The van der Waals surface area contributed by atoms with Crippen LogP contribution in [0.25, 0.3) is 16.7 Å². The van der Waals surface area contributed by atoms with Gasteiger partial charge in [-0.1, -0.05) is 11.8 Å². The van der Waals surface area contributed by atoms with Crippen molar-refractivity contribution in [2.45, 2.75) is 5.16 Å². The summed E-state index contributed by atoms with van der Waals surface area (Å²) in [5, 5.41) is 6.13. The van der Waals surface area contributed by atoms with Crippen molar-refractivity contribution >= 4 is 22.7 Å². The van der Waals surface area contributed by atoms with Gasteiger partial charge in [0.25, 0.3) is 0 Å². The topological polar surface area (TPSA) is 52.8 Å². The van der Waals surface area contributed by atoms with Gasteiger partial charge in [-0.05, 0) is 24.5 Å². The molecule has 3 aromatic rings. The highest BCUT2D eigenvalue weighted by Crippen LogP contribution is 2.22. The average molecular weight is 272 g/mol. The van der Waals surface area contributed by atoms with Crippen molar-refractivity contribution in [2.24, 2.45) is 0 Å². The first-order chi connectivity index (χ1) is 9.31. The molecule has 0 bridgehead atoms. The van der Waals surface area contributed by atoms with Gasteiger partial charge < -0.3 is 4.74 Å². The highest BCUT2D eigenvalue weighted by Gasteiger charge is 2.07. The molecule has 3 rings (SSSR count). The van der Waals surface area contributed by atoms with Gasteiger partial charge in [0.05, 0.1) is 18.8 Å². The lowest BCUT2D eigenvalue weighted by Crippen LogP contribution is -2.00. The fraction of sp³-hybridized carbons (Fsp3) is 0.154. The molecule has 0 unspecified atom stereocenters. The van der Waals surface area contributed by atoms with Crippen LogP contribution in [0.5, 0.6) is 5.75 Å². The second kappa shape index (κ2) is 4.89. The summed E-state index contributed by atoms with van der Waals surface area (Å²) in [5.41, 5.74) is 0.992. The van der Waals surface area contributed by atoms with E-state index >= 15 is 0 Å². The lowest BCUT2D eigenvalue weighted by Gasteiger charge is -2.04. The van der Waals surface area contributed by atoms with Gasteiger partial charge in [0, 0.05) is 17.6 Å². The summed E-state index contributed by atoms with van der Waals surface area (Å²) < 4.78 is 7.01. The maximum absolute atomic E-state index is 5.21. The molecule has 2 aromatic heterocycles. The Kier molecular flexibility index (Phi) is 3.08. The Morgan fingerprint density at radius 2 is 2.16 bits per heavy atom. The van der Waals surface area contributed by atoms with Crippen LogP contribution in [0.1, 0.15) is 0 Å². The van der Waals surface area contributed by atoms with Crippen LogP contribution in [0.3, 0.4) is 0 Å². The molecule has 0 aliphatic rings. The van der Waals surface area contributed by atoms with E-state index in [2.05, 4.69) is 15.1 Å². The molecule has 0 fully saturated rings. The number of methoxy groups -OCH3 is 1. The van der Waals surface area contributed by atoms with Crippen LogP contribution in [0.15, 0.2) is 41.8 Å². The Morgan fingerprint density at radius 3 is 2.95 bits per heavy atom. The Hall–Kier alpha value is -2.08. The second-order valence-electron chi connectivity index (χ2n) is 3.88. The van der Waals surface area contributed by atoms with Gasteiger partial charge in [-0.25, -0.2) is 14.6 Å². The van der Waals surface area contributed by atoms with E-state index in [1.165, 1.54) is 11.8 Å². The summed E-state index contributed by atoms with van der Waals surface area (Å²) in [6, 6.07) is 7.69. The highest BCUT2D eigenvalue weighted by molar-refractivity contribution is 7.98. The molecule has 0 saturated heterocycles. The Labute approximate surface area is 114 Å². The first kappa shape index (κ1) is 12.0. The van der Waals surface area contributed by atoms with Crippen LogP contribution in [-0.4, -0.2) is 33.1 Å². The Bertz CT molecular complexity index is 725. The Balaban J connectivity index is 2.14. The molecule has 2 heterocycles. The molecule has 19 heavy (non-hydrogen) atoms. The van der Waals surface area contributed by atoms with Crippen LogP contribution in [-0.2, 0) is 0 Å². The van der Waals surface area contributed by atoms with E-state index in [4.69, 9.17) is 4.74 Å². The maximum atomic E-state index is 5.21. The maximum Gasteiger partial charge on any atom is 0.189 e. The predicted octanol–water partition coefficient (Wildman–Crippen LogP) is 2.55. The number of ether oxygens (including phenoxy) is 1. The lowest BCUT2D eigenvalue weighted by atomic mass is 10.2. The fourth-order valence-electron chi connectivity index (χ4n) is 1.87. The van der Waals surface area contributed by atoms with Gasteiger partial charge in [-0.2, -0.15) is 5.10 Å². The number of thioether (sulfide) groups is 1. The molecule has 0 atom stereocenters. The summed E-state index contributed by atoms with van der Waals surface area (Å²) in [6.45, 7) is 0. The molecule has 0 radical (unpaired) electrons. The first-order valence-corrected chi connectivity index (χ1v) is 6.93. The molecular weight excluding hydrogens is 260 g/mol. The minimum Gasteiger partial charge on any atom is -0.497 e. The van der Waals surface area contributed by atoms with Gasteiger partial charge in [-0.3, -0.25) is 0 Å². The largest absolute Gasteiger partial charge is 0.497 e. The van der Waals surface area contributed by atoms with Crippen molar-refractivity contribution in [3.05, 3.63) is 36.7 Å². The minimum absolute atomic E-state index is 0.731. The third-order valence-corrected chi connectivity index (χ3v) is 3.36. The van der Waals surface area contributed by atoms with Crippen molar-refractivity contribution < 1.29 is 4.74 Å². The summed E-state index contributed by atoms with van der Waals surface area (Å²) in [5.74, 6) is 1.58. The van der Waals surface area contributed by atoms with E-state index in [1.807, 2.05) is 30.5 Å². The average Bonchev–Trinajstić information content (AvgIpc) is 2.90. The van der Waals surface area contributed by atoms with Crippen LogP contribution in [0.4, 0.5) is 0 Å². The van der Waals surface area contributed by atoms with Crippen LogP contribution in [0, 0.1) is 0 Å². The van der Waals surface area contributed by atoms with Gasteiger partial charge in [0.2, 0.25) is 0 Å². The van der Waals surface area contributed by atoms with E-state index < -0.39 is 0 Å². The minimum atomic E-state index is 0.731. The molecule has 0 aliphatic carbocycles. The molecule has 0 amide bonds. The number of benzene rings is 1. The highest BCUT2D eigenvalue weighted by atomic mass is 32.2. The Morgan fingerprint density at radius 1 is 1.26 bits per heavy atom. The van der Waals surface area contributed by atoms with Crippen molar-refractivity contribution in [3.63, 3.8) is 0 Å². The third-order valence-electron chi connectivity index (χ3n) is 2.79. The second-order valence-corrected chi connectivity index (χ2v) is 4.66. The number of hydrogen-bond donors (Lipinski definition) is 0. The molecule has 0 spiro atoms. The van der Waals surface area contributed by atoms with Gasteiger partial charge >= 0.3 is 0 Å². The van der Waals surface area contributed by atoms with Gasteiger partial charge in [-0.15, -0.1) is 0 Å². The quantitative estimate of drug-likeness (QED) is 0.542. The summed E-state index contributed by atoms with van der Waals surface area (Å²) in [7, 11) is 1.65. The number of rotatable bonds is 3. The zero-order valence-corrected chi connectivity index (χ0v) is 11.4. The molecule has 0 N–H and O–H groups in total.